The average molecular weight is 329 g/mol. The summed E-state index contributed by atoms with van der Waals surface area (Å²) in [5.74, 6) is 0.281. The Hall–Kier alpha value is -0.780. The molecule has 3 nitrogen and oxygen atoms in total. The predicted octanol–water partition coefficient (Wildman–Crippen LogP) is 3.70. The molecule has 0 atom stereocenters. The van der Waals surface area contributed by atoms with E-state index in [0.29, 0.717) is 10.8 Å². The van der Waals surface area contributed by atoms with Gasteiger partial charge in [0.2, 0.25) is 5.91 Å². The van der Waals surface area contributed by atoms with Gasteiger partial charge in [-0.3, -0.25) is 4.79 Å². The molecule has 1 heterocycles. The second-order valence-electron chi connectivity index (χ2n) is 4.71. The van der Waals surface area contributed by atoms with Crippen molar-refractivity contribution < 1.29 is 4.79 Å². The second kappa shape index (κ2) is 7.29. The number of rotatable bonds is 3. The fourth-order valence-electron chi connectivity index (χ4n) is 2.05. The third-order valence-corrected chi connectivity index (χ3v) is 5.17. The number of anilines is 1. The summed E-state index contributed by atoms with van der Waals surface area (Å²) >= 11 is 12.8. The minimum Gasteiger partial charge on any atom is -0.358 e. The Kier molecular flexibility index (Phi) is 5.69. The third kappa shape index (κ3) is 4.11. The van der Waals surface area contributed by atoms with Crippen LogP contribution in [0.15, 0.2) is 18.2 Å². The van der Waals surface area contributed by atoms with Gasteiger partial charge in [0.1, 0.15) is 4.32 Å². The number of thiocarbonyl (C=S) groups is 1. The number of carbonyl (C=O) groups excluding carboxylic acids is 1. The van der Waals surface area contributed by atoms with Gasteiger partial charge in [0.15, 0.2) is 0 Å². The Balaban J connectivity index is 1.83. The number of benzene rings is 1. The zero-order chi connectivity index (χ0) is 14.5. The number of hydrogen-bond acceptors (Lipinski definition) is 3. The number of likely N-dealkylation sites (tertiary alicyclic amines) is 1. The van der Waals surface area contributed by atoms with E-state index in [-0.39, 0.29) is 5.91 Å². The van der Waals surface area contributed by atoms with Crippen molar-refractivity contribution in [3.05, 3.63) is 28.8 Å². The molecule has 1 aliphatic rings. The molecular weight excluding hydrogens is 312 g/mol. The van der Waals surface area contributed by atoms with Crippen LogP contribution in [-0.2, 0) is 4.79 Å². The molecule has 108 valence electrons. The summed E-state index contributed by atoms with van der Waals surface area (Å²) in [5.41, 5.74) is 1.64. The molecule has 0 aliphatic carbocycles. The first kappa shape index (κ1) is 15.6. The quantitative estimate of drug-likeness (QED) is 0.857. The first-order valence-electron chi connectivity index (χ1n) is 6.54. The van der Waals surface area contributed by atoms with Crippen LogP contribution in [0.2, 0.25) is 5.02 Å². The molecule has 0 bridgehead atoms. The van der Waals surface area contributed by atoms with Crippen LogP contribution in [0.5, 0.6) is 0 Å². The molecule has 1 aliphatic heterocycles. The van der Waals surface area contributed by atoms with Crippen molar-refractivity contribution in [2.45, 2.75) is 19.8 Å². The lowest BCUT2D eigenvalue weighted by Crippen LogP contribution is -2.25. The lowest BCUT2D eigenvalue weighted by molar-refractivity contribution is -0.113. The Morgan fingerprint density at radius 1 is 1.45 bits per heavy atom. The third-order valence-electron chi connectivity index (χ3n) is 3.23. The van der Waals surface area contributed by atoms with Crippen molar-refractivity contribution in [1.82, 2.24) is 4.90 Å². The second-order valence-corrected chi connectivity index (χ2v) is 6.73. The number of amides is 1. The number of halogens is 1. The fourth-order valence-corrected chi connectivity index (χ4v) is 3.27. The highest BCUT2D eigenvalue weighted by Gasteiger charge is 2.16. The SMILES string of the molecule is Cc1c(Cl)cccc1NC(=O)CSC(=S)N1CCCC1. The highest BCUT2D eigenvalue weighted by Crippen LogP contribution is 2.23. The number of carbonyl (C=O) groups is 1. The van der Waals surface area contributed by atoms with Gasteiger partial charge in [0.25, 0.3) is 0 Å². The number of nitrogens with one attached hydrogen (secondary N) is 1. The first-order valence-corrected chi connectivity index (χ1v) is 8.32. The largest absolute Gasteiger partial charge is 0.358 e. The van der Waals surface area contributed by atoms with Crippen molar-refractivity contribution in [1.29, 1.82) is 0 Å². The molecule has 0 radical (unpaired) electrons. The maximum absolute atomic E-state index is 11.9. The maximum atomic E-state index is 11.9. The van der Waals surface area contributed by atoms with Gasteiger partial charge in [0.05, 0.1) is 5.75 Å². The molecule has 1 fully saturated rings. The van der Waals surface area contributed by atoms with Crippen molar-refractivity contribution >= 4 is 51.5 Å². The van der Waals surface area contributed by atoms with Crippen LogP contribution in [0.25, 0.3) is 0 Å². The number of hydrogen-bond donors (Lipinski definition) is 1. The Labute approximate surface area is 134 Å². The normalized spacial score (nSPS) is 14.4. The van der Waals surface area contributed by atoms with Gasteiger partial charge in [-0.05, 0) is 37.5 Å². The summed E-state index contributed by atoms with van der Waals surface area (Å²) in [4.78, 5) is 14.1. The summed E-state index contributed by atoms with van der Waals surface area (Å²) in [7, 11) is 0. The lowest BCUT2D eigenvalue weighted by Gasteiger charge is -2.17. The summed E-state index contributed by atoms with van der Waals surface area (Å²) < 4.78 is 0.820. The smallest absolute Gasteiger partial charge is 0.234 e. The molecule has 1 aromatic rings. The molecule has 0 saturated carbocycles. The van der Waals surface area contributed by atoms with Crippen LogP contribution >= 0.6 is 35.6 Å². The lowest BCUT2D eigenvalue weighted by atomic mass is 10.2. The molecule has 6 heteroatoms. The van der Waals surface area contributed by atoms with Crippen LogP contribution in [0.4, 0.5) is 5.69 Å². The monoisotopic (exact) mass is 328 g/mol. The van der Waals surface area contributed by atoms with Gasteiger partial charge in [-0.15, -0.1) is 0 Å². The summed E-state index contributed by atoms with van der Waals surface area (Å²) in [5, 5.41) is 3.53. The van der Waals surface area contributed by atoms with E-state index in [1.807, 2.05) is 25.1 Å². The standard InChI is InChI=1S/C14H17ClN2OS2/c1-10-11(15)5-4-6-12(10)16-13(18)9-20-14(19)17-7-2-3-8-17/h4-6H,2-3,7-9H2,1H3,(H,16,18). The highest BCUT2D eigenvalue weighted by molar-refractivity contribution is 8.23. The van der Waals surface area contributed by atoms with E-state index in [0.717, 1.165) is 28.7 Å². The average Bonchev–Trinajstić information content (AvgIpc) is 2.95. The Morgan fingerprint density at radius 3 is 2.85 bits per heavy atom. The summed E-state index contributed by atoms with van der Waals surface area (Å²) in [6, 6.07) is 5.49. The van der Waals surface area contributed by atoms with Crippen LogP contribution in [0.1, 0.15) is 18.4 Å². The minimum atomic E-state index is -0.0538. The van der Waals surface area contributed by atoms with Crippen molar-refractivity contribution in [3.8, 4) is 0 Å². The van der Waals surface area contributed by atoms with E-state index in [1.165, 1.54) is 24.6 Å². The van der Waals surface area contributed by atoms with Gasteiger partial charge < -0.3 is 10.2 Å². The highest BCUT2D eigenvalue weighted by atomic mass is 35.5. The molecule has 1 amide bonds. The van der Waals surface area contributed by atoms with Crippen LogP contribution < -0.4 is 5.32 Å². The van der Waals surface area contributed by atoms with E-state index in [9.17, 15) is 4.79 Å². The molecule has 1 saturated heterocycles. The van der Waals surface area contributed by atoms with E-state index in [1.54, 1.807) is 0 Å². The van der Waals surface area contributed by atoms with Gasteiger partial charge in [-0.2, -0.15) is 0 Å². The zero-order valence-corrected chi connectivity index (χ0v) is 13.7. The van der Waals surface area contributed by atoms with Crippen LogP contribution in [0, 0.1) is 6.92 Å². The molecular formula is C14H17ClN2OS2. The zero-order valence-electron chi connectivity index (χ0n) is 11.3. The van der Waals surface area contributed by atoms with Crippen LogP contribution in [0.3, 0.4) is 0 Å². The molecule has 20 heavy (non-hydrogen) atoms. The van der Waals surface area contributed by atoms with Gasteiger partial charge >= 0.3 is 0 Å². The molecule has 0 unspecified atom stereocenters. The molecule has 0 aromatic heterocycles. The van der Waals surface area contributed by atoms with Crippen molar-refractivity contribution in [3.63, 3.8) is 0 Å². The predicted molar refractivity (Wildman–Crippen MR) is 90.7 cm³/mol. The van der Waals surface area contributed by atoms with E-state index < -0.39 is 0 Å². The Bertz CT molecular complexity index is 516. The summed E-state index contributed by atoms with van der Waals surface area (Å²) in [6.07, 6.45) is 2.38. The fraction of sp³-hybridized carbons (Fsp3) is 0.429. The first-order chi connectivity index (χ1) is 9.58. The maximum Gasteiger partial charge on any atom is 0.234 e. The van der Waals surface area contributed by atoms with Crippen molar-refractivity contribution in [2.24, 2.45) is 0 Å². The van der Waals surface area contributed by atoms with E-state index >= 15 is 0 Å². The topological polar surface area (TPSA) is 32.3 Å². The van der Waals surface area contributed by atoms with Gasteiger partial charge in [0, 0.05) is 23.8 Å². The molecule has 1 N–H and O–H groups in total. The number of nitrogens with zero attached hydrogens (tertiary/aromatic N) is 1. The van der Waals surface area contributed by atoms with Gasteiger partial charge in [-0.25, -0.2) is 0 Å². The van der Waals surface area contributed by atoms with E-state index in [2.05, 4.69) is 10.2 Å². The van der Waals surface area contributed by atoms with Crippen LogP contribution in [-0.4, -0.2) is 34.0 Å². The molecule has 2 rings (SSSR count). The van der Waals surface area contributed by atoms with E-state index in [4.69, 9.17) is 23.8 Å². The minimum absolute atomic E-state index is 0.0538. The molecule has 1 aromatic carbocycles. The Morgan fingerprint density at radius 2 is 2.15 bits per heavy atom. The van der Waals surface area contributed by atoms with Gasteiger partial charge in [-0.1, -0.05) is 41.6 Å². The van der Waals surface area contributed by atoms with Crippen molar-refractivity contribution in [2.75, 3.05) is 24.2 Å². The molecule has 0 spiro atoms. The number of thioether (sulfide) groups is 1. The summed E-state index contributed by atoms with van der Waals surface area (Å²) in [6.45, 7) is 3.92.